The Labute approximate surface area is 259 Å². The van der Waals surface area contributed by atoms with Gasteiger partial charge in [0, 0.05) is 50.5 Å². The molecule has 0 amide bonds. The SMILES string of the molecule is c1ccc(-c2nnc(-c3ccccc3)n2-c2ccc(-n3c4ccccc4c4c5c(ccc43)ccn5-c3ccccc3)cc2)cc1. The molecule has 0 aliphatic rings. The summed E-state index contributed by atoms with van der Waals surface area (Å²) in [6.45, 7) is 0. The molecule has 0 saturated carbocycles. The highest BCUT2D eigenvalue weighted by Crippen LogP contribution is 2.38. The van der Waals surface area contributed by atoms with Gasteiger partial charge in [-0.3, -0.25) is 4.57 Å². The number of rotatable bonds is 5. The molecule has 0 radical (unpaired) electrons. The van der Waals surface area contributed by atoms with Gasteiger partial charge in [-0.25, -0.2) is 0 Å². The Hall–Kier alpha value is -6.20. The predicted molar refractivity (Wildman–Crippen MR) is 183 cm³/mol. The fraction of sp³-hybridized carbons (Fsp3) is 0. The van der Waals surface area contributed by atoms with Gasteiger partial charge in [-0.1, -0.05) is 103 Å². The molecule has 0 aliphatic heterocycles. The van der Waals surface area contributed by atoms with Crippen molar-refractivity contribution >= 4 is 32.7 Å². The Morgan fingerprint density at radius 1 is 0.400 bits per heavy atom. The molecule has 9 aromatic rings. The van der Waals surface area contributed by atoms with Crippen LogP contribution in [-0.4, -0.2) is 23.9 Å². The lowest BCUT2D eigenvalue weighted by Crippen LogP contribution is -2.01. The van der Waals surface area contributed by atoms with E-state index in [0.29, 0.717) is 0 Å². The highest BCUT2D eigenvalue weighted by Gasteiger charge is 2.19. The predicted octanol–water partition coefficient (Wildman–Crippen LogP) is 9.64. The van der Waals surface area contributed by atoms with Crippen LogP contribution in [0.3, 0.4) is 0 Å². The van der Waals surface area contributed by atoms with Crippen molar-refractivity contribution in [3.05, 3.63) is 164 Å². The zero-order chi connectivity index (χ0) is 29.7. The van der Waals surface area contributed by atoms with E-state index >= 15 is 0 Å². The van der Waals surface area contributed by atoms with E-state index in [9.17, 15) is 0 Å². The zero-order valence-corrected chi connectivity index (χ0v) is 24.3. The smallest absolute Gasteiger partial charge is 0.168 e. The van der Waals surface area contributed by atoms with E-state index in [4.69, 9.17) is 0 Å². The Bertz CT molecular complexity index is 2390. The second-order valence-corrected chi connectivity index (χ2v) is 11.2. The van der Waals surface area contributed by atoms with Crippen molar-refractivity contribution in [2.24, 2.45) is 0 Å². The largest absolute Gasteiger partial charge is 0.316 e. The number of fused-ring (bicyclic) bond motifs is 5. The molecule has 0 saturated heterocycles. The van der Waals surface area contributed by atoms with Crippen LogP contribution in [0.1, 0.15) is 0 Å². The maximum atomic E-state index is 4.66. The second-order valence-electron chi connectivity index (χ2n) is 11.2. The number of hydrogen-bond donors (Lipinski definition) is 0. The maximum absolute atomic E-state index is 4.66. The minimum atomic E-state index is 0.808. The first kappa shape index (κ1) is 25.3. The van der Waals surface area contributed by atoms with Gasteiger partial charge in [-0.2, -0.15) is 0 Å². The average molecular weight is 578 g/mol. The van der Waals surface area contributed by atoms with Crippen molar-refractivity contribution in [2.75, 3.05) is 0 Å². The Balaban J connectivity index is 1.25. The van der Waals surface area contributed by atoms with Crippen molar-refractivity contribution in [1.29, 1.82) is 0 Å². The molecule has 3 heterocycles. The van der Waals surface area contributed by atoms with Crippen LogP contribution in [0, 0.1) is 0 Å². The van der Waals surface area contributed by atoms with E-state index < -0.39 is 0 Å². The quantitative estimate of drug-likeness (QED) is 0.204. The molecule has 45 heavy (non-hydrogen) atoms. The van der Waals surface area contributed by atoms with Crippen LogP contribution in [0.2, 0.25) is 0 Å². The Morgan fingerprint density at radius 2 is 0.956 bits per heavy atom. The number of benzene rings is 6. The minimum absolute atomic E-state index is 0.808. The fourth-order valence-corrected chi connectivity index (χ4v) is 6.59. The lowest BCUT2D eigenvalue weighted by Gasteiger charge is -2.13. The summed E-state index contributed by atoms with van der Waals surface area (Å²) in [5.74, 6) is 1.62. The van der Waals surface area contributed by atoms with Crippen molar-refractivity contribution < 1.29 is 0 Å². The summed E-state index contributed by atoms with van der Waals surface area (Å²) < 4.78 is 6.83. The van der Waals surface area contributed by atoms with Crippen LogP contribution in [0.5, 0.6) is 0 Å². The van der Waals surface area contributed by atoms with Gasteiger partial charge >= 0.3 is 0 Å². The molecule has 0 spiro atoms. The number of nitrogens with zero attached hydrogens (tertiary/aromatic N) is 5. The first-order chi connectivity index (χ1) is 22.3. The van der Waals surface area contributed by atoms with Crippen molar-refractivity contribution in [3.8, 4) is 39.8 Å². The third-order valence-electron chi connectivity index (χ3n) is 8.61. The van der Waals surface area contributed by atoms with Crippen molar-refractivity contribution in [1.82, 2.24) is 23.9 Å². The standard InChI is InChI=1S/C40H27N5/c1-4-12-29(13-5-1)39-41-42-40(30-14-6-2-7-15-30)45(39)33-23-21-32(22-24-33)44-35-19-11-10-18-34(35)37-36(44)25-20-28-26-27-43(38(28)37)31-16-8-3-9-17-31/h1-27H. The average Bonchev–Trinajstić information content (AvgIpc) is 3.84. The maximum Gasteiger partial charge on any atom is 0.168 e. The van der Waals surface area contributed by atoms with E-state index in [1.807, 2.05) is 36.4 Å². The number of hydrogen-bond acceptors (Lipinski definition) is 2. The van der Waals surface area contributed by atoms with Gasteiger partial charge in [0.25, 0.3) is 0 Å². The van der Waals surface area contributed by atoms with Crippen molar-refractivity contribution in [3.63, 3.8) is 0 Å². The van der Waals surface area contributed by atoms with E-state index in [0.717, 1.165) is 39.8 Å². The van der Waals surface area contributed by atoms with Crippen LogP contribution in [0.25, 0.3) is 72.5 Å². The second kappa shape index (κ2) is 10.2. The monoisotopic (exact) mass is 577 g/mol. The van der Waals surface area contributed by atoms with E-state index in [2.05, 4.69) is 151 Å². The lowest BCUT2D eigenvalue weighted by molar-refractivity contribution is 1.07. The van der Waals surface area contributed by atoms with E-state index in [1.165, 1.54) is 32.7 Å². The molecular formula is C40H27N5. The lowest BCUT2D eigenvalue weighted by atomic mass is 10.1. The van der Waals surface area contributed by atoms with Crippen LogP contribution >= 0.6 is 0 Å². The molecule has 212 valence electrons. The summed E-state index contributed by atoms with van der Waals surface area (Å²) in [6.07, 6.45) is 2.17. The molecular weight excluding hydrogens is 550 g/mol. The molecule has 0 atom stereocenters. The van der Waals surface area contributed by atoms with Gasteiger partial charge in [0.15, 0.2) is 11.6 Å². The van der Waals surface area contributed by atoms with Gasteiger partial charge in [0.05, 0.1) is 16.6 Å². The molecule has 3 aromatic heterocycles. The van der Waals surface area contributed by atoms with Gasteiger partial charge < -0.3 is 9.13 Å². The van der Waals surface area contributed by atoms with E-state index in [-0.39, 0.29) is 0 Å². The fourth-order valence-electron chi connectivity index (χ4n) is 6.59. The molecule has 9 rings (SSSR count). The topological polar surface area (TPSA) is 40.6 Å². The zero-order valence-electron chi connectivity index (χ0n) is 24.3. The highest BCUT2D eigenvalue weighted by atomic mass is 15.3. The minimum Gasteiger partial charge on any atom is -0.316 e. The highest BCUT2D eigenvalue weighted by molar-refractivity contribution is 6.20. The normalized spacial score (nSPS) is 11.6. The number of aromatic nitrogens is 5. The summed E-state index contributed by atoms with van der Waals surface area (Å²) in [7, 11) is 0. The van der Waals surface area contributed by atoms with Crippen LogP contribution in [0.15, 0.2) is 164 Å². The number of para-hydroxylation sites is 2. The summed E-state index contributed by atoms with van der Waals surface area (Å²) in [5.41, 5.74) is 8.85. The Kier molecular flexibility index (Phi) is 5.74. The summed E-state index contributed by atoms with van der Waals surface area (Å²) >= 11 is 0. The summed E-state index contributed by atoms with van der Waals surface area (Å²) in [5, 5.41) is 13.0. The van der Waals surface area contributed by atoms with Crippen LogP contribution in [-0.2, 0) is 0 Å². The summed E-state index contributed by atoms with van der Waals surface area (Å²) in [6, 6.07) is 55.2. The molecule has 0 N–H and O–H groups in total. The molecule has 0 bridgehead atoms. The first-order valence-corrected chi connectivity index (χ1v) is 15.1. The first-order valence-electron chi connectivity index (χ1n) is 15.1. The van der Waals surface area contributed by atoms with Crippen molar-refractivity contribution in [2.45, 2.75) is 0 Å². The van der Waals surface area contributed by atoms with Crippen LogP contribution < -0.4 is 0 Å². The van der Waals surface area contributed by atoms with Crippen LogP contribution in [0.4, 0.5) is 0 Å². The molecule has 5 heteroatoms. The summed E-state index contributed by atoms with van der Waals surface area (Å²) in [4.78, 5) is 0. The van der Waals surface area contributed by atoms with Gasteiger partial charge in [-0.15, -0.1) is 10.2 Å². The third kappa shape index (κ3) is 4.02. The molecule has 5 nitrogen and oxygen atoms in total. The third-order valence-corrected chi connectivity index (χ3v) is 8.61. The van der Waals surface area contributed by atoms with Gasteiger partial charge in [0.1, 0.15) is 0 Å². The van der Waals surface area contributed by atoms with Gasteiger partial charge in [-0.05, 0) is 54.6 Å². The molecule has 0 unspecified atom stereocenters. The molecule has 0 fully saturated rings. The van der Waals surface area contributed by atoms with Gasteiger partial charge in [0.2, 0.25) is 0 Å². The molecule has 0 aliphatic carbocycles. The Morgan fingerprint density at radius 3 is 1.60 bits per heavy atom. The molecule has 6 aromatic carbocycles. The van der Waals surface area contributed by atoms with E-state index in [1.54, 1.807) is 0 Å².